The van der Waals surface area contributed by atoms with Crippen LogP contribution >= 0.6 is 0 Å². The predicted molar refractivity (Wildman–Crippen MR) is 295 cm³/mol. The first-order chi connectivity index (χ1) is 45.2. The van der Waals surface area contributed by atoms with Gasteiger partial charge in [0.15, 0.2) is 37.7 Å². The van der Waals surface area contributed by atoms with Crippen LogP contribution in [0.3, 0.4) is 0 Å². The first-order valence-corrected chi connectivity index (χ1v) is 30.3. The third kappa shape index (κ3) is 17.5. The number of carbonyl (C=O) groups excluding carboxylic acids is 4. The highest BCUT2D eigenvalue weighted by Gasteiger charge is 2.63. The van der Waals surface area contributed by atoms with Crippen molar-refractivity contribution < 1.29 is 193 Å². The lowest BCUT2D eigenvalue weighted by Crippen LogP contribution is -2.72. The maximum atomic E-state index is 13.6. The molecule has 0 saturated carbocycles. The smallest absolute Gasteiger partial charge is 0.364 e. The summed E-state index contributed by atoms with van der Waals surface area (Å²) >= 11 is 0. The highest BCUT2D eigenvalue weighted by atomic mass is 16.8. The Morgan fingerprint density at radius 2 is 0.938 bits per heavy atom. The minimum atomic E-state index is -3.47. The molecule has 4 amide bonds. The minimum absolute atomic E-state index is 0.831. The normalized spacial score (nSPS) is 46.0. The van der Waals surface area contributed by atoms with Crippen LogP contribution in [0, 0.1) is 0 Å². The monoisotopic (exact) mass is 1400 g/mol. The topological polar surface area (TPSA) is 678 Å². The molecule has 43 nitrogen and oxygen atoms in total. The van der Waals surface area contributed by atoms with E-state index < -0.39 is 303 Å². The first kappa shape index (κ1) is 79.4. The molecule has 0 aromatic rings. The first-order valence-electron chi connectivity index (χ1n) is 30.3. The Morgan fingerprint density at radius 1 is 0.469 bits per heavy atom. The Morgan fingerprint density at radius 3 is 1.48 bits per heavy atom. The minimum Gasteiger partial charge on any atom is -0.477 e. The van der Waals surface area contributed by atoms with Crippen LogP contribution in [0.1, 0.15) is 34.1 Å². The molecule has 7 fully saturated rings. The zero-order valence-corrected chi connectivity index (χ0v) is 51.6. The lowest BCUT2D eigenvalue weighted by atomic mass is 9.88. The van der Waals surface area contributed by atoms with E-state index in [1.165, 1.54) is 6.92 Å². The molecule has 0 radical (unpaired) electrons. The van der Waals surface area contributed by atoms with Crippen molar-refractivity contribution in [2.45, 2.75) is 254 Å². The van der Waals surface area contributed by atoms with Gasteiger partial charge in [-0.3, -0.25) is 19.2 Å². The van der Waals surface area contributed by atoms with Gasteiger partial charge in [0.25, 0.3) is 5.79 Å². The van der Waals surface area contributed by atoms with Crippen LogP contribution in [-0.4, -0.2) is 403 Å². The molecule has 0 bridgehead atoms. The highest BCUT2D eigenvalue weighted by Crippen LogP contribution is 2.41. The number of carboxylic acids is 1. The van der Waals surface area contributed by atoms with Crippen molar-refractivity contribution in [3.63, 3.8) is 0 Å². The Balaban J connectivity index is 1.25. The van der Waals surface area contributed by atoms with Crippen molar-refractivity contribution in [2.24, 2.45) is 0 Å². The number of amides is 4. The number of aliphatic hydroxyl groups is 20. The second-order valence-electron chi connectivity index (χ2n) is 24.0. The molecule has 7 aliphatic heterocycles. The van der Waals surface area contributed by atoms with Gasteiger partial charge in [0, 0.05) is 27.2 Å². The Hall–Kier alpha value is -3.97. The molecule has 7 saturated heterocycles. The Kier molecular flexibility index (Phi) is 28.2. The third-order valence-corrected chi connectivity index (χ3v) is 17.2. The number of aliphatic carboxylic acids is 1. The van der Waals surface area contributed by atoms with E-state index in [1.807, 2.05) is 0 Å². The van der Waals surface area contributed by atoms with Crippen molar-refractivity contribution in [1.29, 1.82) is 0 Å². The van der Waals surface area contributed by atoms with Gasteiger partial charge in [-0.1, -0.05) is 0 Å². The van der Waals surface area contributed by atoms with E-state index in [9.17, 15) is 131 Å². The van der Waals surface area contributed by atoms with Crippen LogP contribution in [0.25, 0.3) is 0 Å². The van der Waals surface area contributed by atoms with Crippen molar-refractivity contribution >= 4 is 29.6 Å². The molecule has 0 spiro atoms. The summed E-state index contributed by atoms with van der Waals surface area (Å²) in [6, 6.07) is -7.48. The summed E-state index contributed by atoms with van der Waals surface area (Å²) in [7, 11) is 0. The van der Waals surface area contributed by atoms with Crippen LogP contribution in [0.5, 0.6) is 0 Å². The highest BCUT2D eigenvalue weighted by molar-refractivity contribution is 5.78. The quantitative estimate of drug-likeness (QED) is 0.0382. The average molecular weight is 1410 g/mol. The van der Waals surface area contributed by atoms with E-state index in [0.29, 0.717) is 0 Å². The summed E-state index contributed by atoms with van der Waals surface area (Å²) in [4.78, 5) is 64.6. The SMILES string of the molecule is CC(=O)N[C@@H]1[C@@H](O[C@@H]2O[C@H](CO)[C@H](O[C@@H]3O[C@H](CO)[C@H](O)[C@@H](O)[C@H]3O)[C@H](O[C@]3(C(=O)O)C[C@H](O)[C@@H](NC(=O)CO)[C@H]([C@H](O)[C@H](O)CO)O3)[C@H]2O)[C@@H](O)[C@@H](CO[C@@H]2O[C@H](CO)[C@@H](O[C@@H]3O[C@@H](C)[C@@H](O)[C@@H](O)[C@@H]3O)[C@H](O[C@@H]3O[C@H](CO)[C@@H](O)[C@H](O)[C@H]3NC(C)=O)[C@H]2NC(C)=O)O[C@@H]1O. The van der Waals surface area contributed by atoms with Crippen LogP contribution in [0.4, 0.5) is 0 Å². The molecule has 7 heterocycles. The number of carboxylic acid groups (broad SMARTS) is 1. The number of carbonyl (C=O) groups is 5. The molecular weight excluding hydrogens is 1320 g/mol. The van der Waals surface area contributed by atoms with Gasteiger partial charge >= 0.3 is 5.97 Å². The molecule has 0 aliphatic carbocycles. The van der Waals surface area contributed by atoms with E-state index in [4.69, 9.17) is 61.6 Å². The lowest BCUT2D eigenvalue weighted by Gasteiger charge is -2.52. The summed E-state index contributed by atoms with van der Waals surface area (Å²) in [5.74, 6) is -9.68. The molecular formula is C53H88N4O39. The maximum absolute atomic E-state index is 13.6. The van der Waals surface area contributed by atoms with Crippen LogP contribution in [-0.2, 0) is 85.6 Å². The largest absolute Gasteiger partial charge is 0.477 e. The number of nitrogens with one attached hydrogen (secondary N) is 4. The van der Waals surface area contributed by atoms with E-state index >= 15 is 0 Å². The van der Waals surface area contributed by atoms with Crippen molar-refractivity contribution in [3.8, 4) is 0 Å². The Labute approximate surface area is 543 Å². The summed E-state index contributed by atoms with van der Waals surface area (Å²) < 4.78 is 77.1. The molecule has 7 aliphatic rings. The summed E-state index contributed by atoms with van der Waals surface area (Å²) in [6.45, 7) is -3.86. The average Bonchev–Trinajstić information content (AvgIpc) is 0.756. The molecule has 96 heavy (non-hydrogen) atoms. The van der Waals surface area contributed by atoms with E-state index in [2.05, 4.69) is 21.3 Å². The fourth-order valence-corrected chi connectivity index (χ4v) is 12.1. The molecule has 0 aromatic carbocycles. The van der Waals surface area contributed by atoms with Crippen LogP contribution < -0.4 is 21.3 Å². The van der Waals surface area contributed by atoms with E-state index in [1.54, 1.807) is 0 Å². The number of ether oxygens (including phenoxy) is 13. The predicted octanol–water partition coefficient (Wildman–Crippen LogP) is -16.5. The van der Waals surface area contributed by atoms with Gasteiger partial charge in [-0.2, -0.15) is 0 Å². The molecule has 25 N–H and O–H groups in total. The van der Waals surface area contributed by atoms with Gasteiger partial charge in [-0.25, -0.2) is 4.79 Å². The van der Waals surface area contributed by atoms with Crippen LogP contribution in [0.15, 0.2) is 0 Å². The van der Waals surface area contributed by atoms with Gasteiger partial charge in [-0.05, 0) is 6.92 Å². The van der Waals surface area contributed by atoms with Gasteiger partial charge in [-0.15, -0.1) is 0 Å². The van der Waals surface area contributed by atoms with Gasteiger partial charge in [0.2, 0.25) is 23.6 Å². The van der Waals surface area contributed by atoms with Gasteiger partial charge < -0.3 is 190 Å². The second kappa shape index (κ2) is 34.1. The number of aliphatic hydroxyl groups excluding tert-OH is 20. The zero-order chi connectivity index (χ0) is 71.3. The van der Waals surface area contributed by atoms with E-state index in [-0.39, 0.29) is 0 Å². The van der Waals surface area contributed by atoms with Gasteiger partial charge in [0.05, 0.1) is 57.9 Å². The summed E-state index contributed by atoms with van der Waals surface area (Å²) in [5, 5.41) is 238. The number of hydrogen-bond acceptors (Lipinski definition) is 38. The molecule has 0 aromatic heterocycles. The third-order valence-electron chi connectivity index (χ3n) is 17.2. The van der Waals surface area contributed by atoms with Crippen LogP contribution in [0.2, 0.25) is 0 Å². The molecule has 554 valence electrons. The standard InChI is InChI=1S/C53H88N4O39/c1-13-29(70)35(76)37(78)49(85-13)91-40-21(9-61)89-47(28(56-16(4)66)44(40)94-48-26(54-14(2)64)34(75)31(72)19(7-59)87-48)84-12-23-33(74)42(27(46(81)86-23)55-15(3)65)93-51-39(80)45(41(22(10-62)90-51)92-50-38(79)36(77)32(73)20(8-60)88-50)96-53(52(82)83)5-17(67)25(57-24(69)11-63)43(95-53)30(71)18(68)6-58/h13,17-23,25-51,58-63,67-68,70-81H,5-12H2,1-4H3,(H,54,64)(H,55,65)(H,56,66)(H,57,69)(H,82,83)/t13-,17-,18+,19+,20+,21+,22+,23+,25+,26+,27+,28+,29+,30+,31+,32-,33-,34+,35+,36+,37-,38+,39+,40+,41-,42+,43+,44+,45+,46-,47+,48-,49-,50-,51-,53-/m0/s1. The number of rotatable bonds is 26. The molecule has 0 unspecified atom stereocenters. The number of hydrogen-bond donors (Lipinski definition) is 25. The fraction of sp³-hybridized carbons (Fsp3) is 0.906. The molecule has 36 atom stereocenters. The van der Waals surface area contributed by atoms with Gasteiger partial charge in [0.1, 0.15) is 165 Å². The lowest BCUT2D eigenvalue weighted by molar-refractivity contribution is -0.401. The summed E-state index contributed by atoms with van der Waals surface area (Å²) in [6.07, 6.45) is -65.9. The van der Waals surface area contributed by atoms with E-state index in [0.717, 1.165) is 20.8 Å². The zero-order valence-electron chi connectivity index (χ0n) is 51.6. The van der Waals surface area contributed by atoms with Crippen molar-refractivity contribution in [3.05, 3.63) is 0 Å². The van der Waals surface area contributed by atoms with Crippen molar-refractivity contribution in [2.75, 3.05) is 46.2 Å². The second-order valence-corrected chi connectivity index (χ2v) is 24.0. The Bertz CT molecular complexity index is 2540. The maximum Gasteiger partial charge on any atom is 0.364 e. The van der Waals surface area contributed by atoms with Crippen molar-refractivity contribution in [1.82, 2.24) is 21.3 Å². The fourth-order valence-electron chi connectivity index (χ4n) is 12.1. The molecule has 7 rings (SSSR count). The molecule has 43 heteroatoms. The summed E-state index contributed by atoms with van der Waals surface area (Å²) in [5.41, 5.74) is 0.